The predicted molar refractivity (Wildman–Crippen MR) is 62.3 cm³/mol. The number of nitrogens with zero attached hydrogens (tertiary/aromatic N) is 1. The molecule has 3 amide bonds. The summed E-state index contributed by atoms with van der Waals surface area (Å²) < 4.78 is 0. The molecule has 1 spiro atoms. The number of carbonyl (C=O) groups excluding carboxylic acids is 2. The first kappa shape index (κ1) is 12.4. The number of aliphatic hydroxyl groups is 1. The standard InChI is InChI=1S/C12H20N2O3/c1-9-3-5-12(6-4-9)10(16)14(7-2-8-15)11(17)13-12/h9,15H,2-8H2,1H3,(H,13,17). The van der Waals surface area contributed by atoms with Crippen molar-refractivity contribution in [2.45, 2.75) is 44.6 Å². The van der Waals surface area contributed by atoms with Crippen LogP contribution in [-0.2, 0) is 4.79 Å². The van der Waals surface area contributed by atoms with Crippen LogP contribution in [0.4, 0.5) is 4.79 Å². The van der Waals surface area contributed by atoms with Crippen LogP contribution >= 0.6 is 0 Å². The maximum Gasteiger partial charge on any atom is 0.325 e. The Bertz CT molecular complexity index is 322. The van der Waals surface area contributed by atoms with Crippen LogP contribution in [0.25, 0.3) is 0 Å². The van der Waals surface area contributed by atoms with Crippen LogP contribution in [0.3, 0.4) is 0 Å². The highest BCUT2D eigenvalue weighted by atomic mass is 16.3. The number of carbonyl (C=O) groups is 2. The van der Waals surface area contributed by atoms with E-state index in [9.17, 15) is 9.59 Å². The van der Waals surface area contributed by atoms with Gasteiger partial charge >= 0.3 is 6.03 Å². The van der Waals surface area contributed by atoms with Gasteiger partial charge in [-0.15, -0.1) is 0 Å². The summed E-state index contributed by atoms with van der Waals surface area (Å²) in [5.41, 5.74) is -0.640. The van der Waals surface area contributed by atoms with Gasteiger partial charge in [-0.3, -0.25) is 9.69 Å². The van der Waals surface area contributed by atoms with Gasteiger partial charge in [-0.2, -0.15) is 0 Å². The van der Waals surface area contributed by atoms with Gasteiger partial charge in [0.2, 0.25) is 0 Å². The Balaban J connectivity index is 2.06. The fraction of sp³-hybridized carbons (Fsp3) is 0.833. The van der Waals surface area contributed by atoms with E-state index in [1.54, 1.807) is 0 Å². The van der Waals surface area contributed by atoms with E-state index in [0.29, 0.717) is 18.9 Å². The topological polar surface area (TPSA) is 69.6 Å². The molecule has 1 aliphatic carbocycles. The molecule has 1 heterocycles. The molecule has 1 aliphatic heterocycles. The molecule has 0 aromatic carbocycles. The van der Waals surface area contributed by atoms with Gasteiger partial charge in [0, 0.05) is 13.2 Å². The van der Waals surface area contributed by atoms with Gasteiger partial charge in [0.1, 0.15) is 5.54 Å². The zero-order chi connectivity index (χ0) is 12.5. The van der Waals surface area contributed by atoms with Gasteiger partial charge in [0.15, 0.2) is 0 Å². The maximum absolute atomic E-state index is 12.3. The second kappa shape index (κ2) is 4.64. The van der Waals surface area contributed by atoms with Crippen molar-refractivity contribution in [2.24, 2.45) is 5.92 Å². The first-order chi connectivity index (χ1) is 8.09. The molecule has 2 rings (SSSR count). The zero-order valence-corrected chi connectivity index (χ0v) is 10.2. The number of nitrogens with one attached hydrogen (secondary N) is 1. The van der Waals surface area contributed by atoms with Crippen LogP contribution in [-0.4, -0.2) is 40.6 Å². The molecular formula is C12H20N2O3. The van der Waals surface area contributed by atoms with Crippen molar-refractivity contribution in [2.75, 3.05) is 13.2 Å². The van der Waals surface area contributed by atoms with Crippen molar-refractivity contribution in [3.63, 3.8) is 0 Å². The first-order valence-corrected chi connectivity index (χ1v) is 6.34. The number of urea groups is 1. The third-order valence-corrected chi connectivity index (χ3v) is 3.91. The van der Waals surface area contributed by atoms with Crippen molar-refractivity contribution in [1.29, 1.82) is 0 Å². The van der Waals surface area contributed by atoms with Crippen molar-refractivity contribution < 1.29 is 14.7 Å². The fourth-order valence-corrected chi connectivity index (χ4v) is 2.70. The van der Waals surface area contributed by atoms with E-state index in [2.05, 4.69) is 12.2 Å². The highest BCUT2D eigenvalue weighted by Crippen LogP contribution is 2.36. The summed E-state index contributed by atoms with van der Waals surface area (Å²) in [5.74, 6) is 0.541. The molecule has 1 saturated heterocycles. The minimum absolute atomic E-state index is 0.00109. The Morgan fingerprint density at radius 1 is 1.41 bits per heavy atom. The summed E-state index contributed by atoms with van der Waals surface area (Å²) in [6.07, 6.45) is 3.91. The number of amides is 3. The molecule has 96 valence electrons. The molecule has 0 radical (unpaired) electrons. The van der Waals surface area contributed by atoms with Gasteiger partial charge < -0.3 is 10.4 Å². The molecule has 0 atom stereocenters. The summed E-state index contributed by atoms with van der Waals surface area (Å²) >= 11 is 0. The average molecular weight is 240 g/mol. The largest absolute Gasteiger partial charge is 0.396 e. The Morgan fingerprint density at radius 3 is 2.65 bits per heavy atom. The van der Waals surface area contributed by atoms with Crippen LogP contribution in [0.1, 0.15) is 39.0 Å². The molecule has 0 aromatic heterocycles. The van der Waals surface area contributed by atoms with Crippen molar-refractivity contribution in [3.8, 4) is 0 Å². The van der Waals surface area contributed by atoms with Crippen molar-refractivity contribution >= 4 is 11.9 Å². The normalized spacial score (nSPS) is 33.3. The second-order valence-electron chi connectivity index (χ2n) is 5.23. The molecule has 2 aliphatic rings. The lowest BCUT2D eigenvalue weighted by molar-refractivity contribution is -0.132. The van der Waals surface area contributed by atoms with E-state index < -0.39 is 5.54 Å². The van der Waals surface area contributed by atoms with E-state index in [1.807, 2.05) is 0 Å². The van der Waals surface area contributed by atoms with Gasteiger partial charge in [-0.1, -0.05) is 6.92 Å². The Labute approximate surface area is 101 Å². The summed E-state index contributed by atoms with van der Waals surface area (Å²) in [4.78, 5) is 25.3. The SMILES string of the molecule is CC1CCC2(CC1)NC(=O)N(CCCO)C2=O. The highest BCUT2D eigenvalue weighted by Gasteiger charge is 2.51. The van der Waals surface area contributed by atoms with Crippen LogP contribution in [0.2, 0.25) is 0 Å². The Morgan fingerprint density at radius 2 is 2.06 bits per heavy atom. The van der Waals surface area contributed by atoms with E-state index in [4.69, 9.17) is 5.11 Å². The number of imide groups is 1. The molecule has 0 unspecified atom stereocenters. The summed E-state index contributed by atoms with van der Waals surface area (Å²) in [7, 11) is 0. The minimum Gasteiger partial charge on any atom is -0.396 e. The number of rotatable bonds is 3. The summed E-state index contributed by atoms with van der Waals surface area (Å²) in [6.45, 7) is 2.50. The quantitative estimate of drug-likeness (QED) is 0.719. The third-order valence-electron chi connectivity index (χ3n) is 3.91. The van der Waals surface area contributed by atoms with Crippen LogP contribution in [0, 0.1) is 5.92 Å². The summed E-state index contributed by atoms with van der Waals surface area (Å²) in [5, 5.41) is 11.6. The van der Waals surface area contributed by atoms with Gasteiger partial charge in [-0.05, 0) is 38.0 Å². The van der Waals surface area contributed by atoms with Crippen LogP contribution in [0.5, 0.6) is 0 Å². The maximum atomic E-state index is 12.3. The monoisotopic (exact) mass is 240 g/mol. The van der Waals surface area contributed by atoms with E-state index in [-0.39, 0.29) is 18.5 Å². The molecule has 2 fully saturated rings. The molecule has 1 saturated carbocycles. The third kappa shape index (κ3) is 2.16. The number of hydrogen-bond acceptors (Lipinski definition) is 3. The van der Waals surface area contributed by atoms with Crippen LogP contribution < -0.4 is 5.32 Å². The predicted octanol–water partition coefficient (Wildman–Crippen LogP) is 0.869. The highest BCUT2D eigenvalue weighted by molar-refractivity contribution is 6.07. The van der Waals surface area contributed by atoms with Crippen LogP contribution in [0.15, 0.2) is 0 Å². The van der Waals surface area contributed by atoms with Crippen molar-refractivity contribution in [1.82, 2.24) is 10.2 Å². The van der Waals surface area contributed by atoms with Gasteiger partial charge in [0.25, 0.3) is 5.91 Å². The molecule has 0 bridgehead atoms. The average Bonchev–Trinajstić information content (AvgIpc) is 2.54. The number of aliphatic hydroxyl groups excluding tert-OH is 1. The molecule has 2 N–H and O–H groups in total. The smallest absolute Gasteiger partial charge is 0.325 e. The molecule has 17 heavy (non-hydrogen) atoms. The van der Waals surface area contributed by atoms with E-state index >= 15 is 0 Å². The van der Waals surface area contributed by atoms with Crippen molar-refractivity contribution in [3.05, 3.63) is 0 Å². The lowest BCUT2D eigenvalue weighted by atomic mass is 9.77. The first-order valence-electron chi connectivity index (χ1n) is 6.34. The Hall–Kier alpha value is -1.10. The minimum atomic E-state index is -0.640. The lowest BCUT2D eigenvalue weighted by Gasteiger charge is -2.33. The van der Waals surface area contributed by atoms with Gasteiger partial charge in [0.05, 0.1) is 0 Å². The summed E-state index contributed by atoms with van der Waals surface area (Å²) in [6, 6.07) is -0.294. The zero-order valence-electron chi connectivity index (χ0n) is 10.2. The van der Waals surface area contributed by atoms with E-state index in [1.165, 1.54) is 4.90 Å². The molecule has 5 nitrogen and oxygen atoms in total. The van der Waals surface area contributed by atoms with Gasteiger partial charge in [-0.25, -0.2) is 4.79 Å². The molecule has 0 aromatic rings. The number of hydrogen-bond donors (Lipinski definition) is 2. The molecule has 5 heteroatoms. The second-order valence-corrected chi connectivity index (χ2v) is 5.23. The lowest BCUT2D eigenvalue weighted by Crippen LogP contribution is -2.49. The molecular weight excluding hydrogens is 220 g/mol. The van der Waals surface area contributed by atoms with E-state index in [0.717, 1.165) is 25.7 Å². The fourth-order valence-electron chi connectivity index (χ4n) is 2.70. The Kier molecular flexibility index (Phi) is 3.38.